The molecule has 0 amide bonds. The van der Waals surface area contributed by atoms with E-state index in [1.807, 2.05) is 36.4 Å². The minimum absolute atomic E-state index is 0.600. The molecule has 0 aliphatic heterocycles. The first kappa shape index (κ1) is 15.4. The molecule has 3 heteroatoms. The van der Waals surface area contributed by atoms with E-state index in [0.717, 1.165) is 29.0 Å². The third kappa shape index (κ3) is 4.50. The second-order valence-electron chi connectivity index (χ2n) is 4.67. The van der Waals surface area contributed by atoms with E-state index in [4.69, 9.17) is 14.2 Å². The van der Waals surface area contributed by atoms with Gasteiger partial charge in [0, 0.05) is 5.56 Å². The van der Waals surface area contributed by atoms with Crippen molar-refractivity contribution in [3.05, 3.63) is 72.7 Å². The molecule has 0 N–H and O–H groups in total. The second kappa shape index (κ2) is 7.70. The van der Waals surface area contributed by atoms with Crippen LogP contribution in [0.3, 0.4) is 0 Å². The molecule has 21 heavy (non-hydrogen) atoms. The van der Waals surface area contributed by atoms with Crippen LogP contribution in [0.4, 0.5) is 0 Å². The first-order valence-corrected chi connectivity index (χ1v) is 6.80. The smallest absolute Gasteiger partial charge is 0.125 e. The van der Waals surface area contributed by atoms with Gasteiger partial charge in [-0.2, -0.15) is 0 Å². The number of benzene rings is 2. The van der Waals surface area contributed by atoms with Gasteiger partial charge in [-0.1, -0.05) is 24.3 Å². The fourth-order valence-electron chi connectivity index (χ4n) is 2.01. The molecular formula is C18H20O3. The molecule has 0 aromatic heterocycles. The summed E-state index contributed by atoms with van der Waals surface area (Å²) in [7, 11) is 3.31. The zero-order valence-corrected chi connectivity index (χ0v) is 12.5. The van der Waals surface area contributed by atoms with Crippen LogP contribution in [0.5, 0.6) is 11.5 Å². The predicted molar refractivity (Wildman–Crippen MR) is 83.5 cm³/mol. The minimum atomic E-state index is 0.600. The summed E-state index contributed by atoms with van der Waals surface area (Å²) in [5.74, 6) is 1.63. The minimum Gasteiger partial charge on any atom is -0.497 e. The highest BCUT2D eigenvalue weighted by atomic mass is 16.5. The van der Waals surface area contributed by atoms with Gasteiger partial charge >= 0.3 is 0 Å². The van der Waals surface area contributed by atoms with Crippen LogP contribution in [0.1, 0.15) is 16.7 Å². The number of hydrogen-bond donors (Lipinski definition) is 0. The van der Waals surface area contributed by atoms with Gasteiger partial charge in [-0.25, -0.2) is 0 Å². The SMILES string of the molecule is [CH2]c1ccc([CH]OCCc2cccc(OC)c2)c(OC)c1. The molecule has 0 fully saturated rings. The summed E-state index contributed by atoms with van der Waals surface area (Å²) in [6, 6.07) is 13.7. The standard InChI is InChI=1S/C18H20O3/c1-14-7-8-16(18(11-14)20-3)13-21-10-9-15-5-4-6-17(12-15)19-2/h4-8,11-13H,1,9-10H2,2-3H3. The Balaban J connectivity index is 1.84. The average molecular weight is 284 g/mol. The summed E-state index contributed by atoms with van der Waals surface area (Å²) >= 11 is 0. The Hall–Kier alpha value is -2.00. The van der Waals surface area contributed by atoms with Crippen LogP contribution in [0.15, 0.2) is 42.5 Å². The van der Waals surface area contributed by atoms with Crippen molar-refractivity contribution >= 4 is 0 Å². The molecule has 0 heterocycles. The van der Waals surface area contributed by atoms with Crippen molar-refractivity contribution in [3.63, 3.8) is 0 Å². The maximum absolute atomic E-state index is 5.61. The van der Waals surface area contributed by atoms with Gasteiger partial charge in [0.1, 0.15) is 18.1 Å². The van der Waals surface area contributed by atoms with Crippen LogP contribution in [0.25, 0.3) is 0 Å². The molecule has 0 aliphatic rings. The van der Waals surface area contributed by atoms with Crippen molar-refractivity contribution in [1.29, 1.82) is 0 Å². The van der Waals surface area contributed by atoms with Crippen LogP contribution in [-0.2, 0) is 11.2 Å². The normalized spacial score (nSPS) is 10.4. The molecule has 0 bridgehead atoms. The molecule has 0 aliphatic carbocycles. The first-order chi connectivity index (χ1) is 10.2. The van der Waals surface area contributed by atoms with Crippen molar-refractivity contribution in [2.75, 3.05) is 20.8 Å². The summed E-state index contributed by atoms with van der Waals surface area (Å²) in [4.78, 5) is 0. The molecule has 0 atom stereocenters. The van der Waals surface area contributed by atoms with Gasteiger partial charge in [-0.05, 0) is 42.7 Å². The third-order valence-electron chi connectivity index (χ3n) is 3.15. The highest BCUT2D eigenvalue weighted by Gasteiger charge is 2.04. The fraction of sp³-hybridized carbons (Fsp3) is 0.222. The van der Waals surface area contributed by atoms with E-state index in [-0.39, 0.29) is 0 Å². The Kier molecular flexibility index (Phi) is 5.64. The van der Waals surface area contributed by atoms with E-state index >= 15 is 0 Å². The molecular weight excluding hydrogens is 264 g/mol. The van der Waals surface area contributed by atoms with Crippen LogP contribution in [0, 0.1) is 13.5 Å². The molecule has 2 aromatic carbocycles. The lowest BCUT2D eigenvalue weighted by Crippen LogP contribution is -1.99. The van der Waals surface area contributed by atoms with E-state index in [0.29, 0.717) is 6.61 Å². The number of methoxy groups -OCH3 is 2. The number of rotatable bonds is 7. The largest absolute Gasteiger partial charge is 0.497 e. The Labute approximate surface area is 126 Å². The highest BCUT2D eigenvalue weighted by Crippen LogP contribution is 2.22. The highest BCUT2D eigenvalue weighted by molar-refractivity contribution is 5.41. The molecule has 0 unspecified atom stereocenters. The van der Waals surface area contributed by atoms with Crippen LogP contribution >= 0.6 is 0 Å². The monoisotopic (exact) mass is 284 g/mol. The van der Waals surface area contributed by atoms with Gasteiger partial charge in [0.15, 0.2) is 0 Å². The summed E-state index contributed by atoms with van der Waals surface area (Å²) < 4.78 is 16.1. The number of ether oxygens (including phenoxy) is 3. The van der Waals surface area contributed by atoms with Crippen LogP contribution < -0.4 is 9.47 Å². The van der Waals surface area contributed by atoms with Gasteiger partial charge in [0.2, 0.25) is 0 Å². The van der Waals surface area contributed by atoms with Crippen LogP contribution in [0.2, 0.25) is 0 Å². The lowest BCUT2D eigenvalue weighted by Gasteiger charge is -2.10. The van der Waals surface area contributed by atoms with Gasteiger partial charge in [0.05, 0.1) is 20.8 Å². The topological polar surface area (TPSA) is 27.7 Å². The fourth-order valence-corrected chi connectivity index (χ4v) is 2.01. The quantitative estimate of drug-likeness (QED) is 0.726. The lowest BCUT2D eigenvalue weighted by atomic mass is 10.1. The van der Waals surface area contributed by atoms with E-state index < -0.39 is 0 Å². The third-order valence-corrected chi connectivity index (χ3v) is 3.15. The predicted octanol–water partition coefficient (Wildman–Crippen LogP) is 3.66. The lowest BCUT2D eigenvalue weighted by molar-refractivity contribution is 0.214. The molecule has 110 valence electrons. The van der Waals surface area contributed by atoms with Crippen molar-refractivity contribution in [2.45, 2.75) is 6.42 Å². The van der Waals surface area contributed by atoms with Gasteiger partial charge < -0.3 is 14.2 Å². The number of hydrogen-bond acceptors (Lipinski definition) is 3. The van der Waals surface area contributed by atoms with E-state index in [9.17, 15) is 0 Å². The summed E-state index contributed by atoms with van der Waals surface area (Å²) in [5.41, 5.74) is 3.01. The second-order valence-corrected chi connectivity index (χ2v) is 4.67. The van der Waals surface area contributed by atoms with Crippen molar-refractivity contribution < 1.29 is 14.2 Å². The zero-order valence-electron chi connectivity index (χ0n) is 12.5. The maximum Gasteiger partial charge on any atom is 0.125 e. The Morgan fingerprint density at radius 3 is 2.67 bits per heavy atom. The Bertz CT molecular complexity index is 578. The molecule has 2 radical (unpaired) electrons. The van der Waals surface area contributed by atoms with E-state index in [1.54, 1.807) is 20.8 Å². The first-order valence-electron chi connectivity index (χ1n) is 6.80. The Morgan fingerprint density at radius 1 is 1.05 bits per heavy atom. The van der Waals surface area contributed by atoms with Gasteiger partial charge in [-0.15, -0.1) is 0 Å². The average Bonchev–Trinajstić information content (AvgIpc) is 2.52. The molecule has 2 aromatic rings. The van der Waals surface area contributed by atoms with Gasteiger partial charge in [-0.3, -0.25) is 0 Å². The Morgan fingerprint density at radius 2 is 1.90 bits per heavy atom. The molecule has 0 spiro atoms. The van der Waals surface area contributed by atoms with Crippen molar-refractivity contribution in [1.82, 2.24) is 0 Å². The van der Waals surface area contributed by atoms with Crippen molar-refractivity contribution in [2.24, 2.45) is 0 Å². The van der Waals surface area contributed by atoms with E-state index in [2.05, 4.69) is 13.0 Å². The summed E-state index contributed by atoms with van der Waals surface area (Å²) in [6.07, 6.45) is 0.823. The maximum atomic E-state index is 5.61. The molecule has 2 rings (SSSR count). The summed E-state index contributed by atoms with van der Waals surface area (Å²) in [5, 5.41) is 0. The molecule has 3 nitrogen and oxygen atoms in total. The van der Waals surface area contributed by atoms with Gasteiger partial charge in [0.25, 0.3) is 0 Å². The van der Waals surface area contributed by atoms with E-state index in [1.165, 1.54) is 5.56 Å². The summed E-state index contributed by atoms with van der Waals surface area (Å²) in [6.45, 7) is 6.20. The molecule has 0 saturated heterocycles. The van der Waals surface area contributed by atoms with Crippen molar-refractivity contribution in [3.8, 4) is 11.5 Å². The van der Waals surface area contributed by atoms with Crippen LogP contribution in [-0.4, -0.2) is 20.8 Å². The molecule has 0 saturated carbocycles. The zero-order chi connectivity index (χ0) is 15.1.